The number of fused-ring (bicyclic) bond motifs is 1. The smallest absolute Gasteiger partial charge is 0.410 e. The molecule has 59 heavy (non-hydrogen) atoms. The topological polar surface area (TPSA) is 113 Å². The first-order chi connectivity index (χ1) is 28.0. The minimum Gasteiger partial charge on any atom is -0.497 e. The predicted octanol–water partition coefficient (Wildman–Crippen LogP) is 8.73. The van der Waals surface area contributed by atoms with E-state index in [0.717, 1.165) is 55.8 Å². The van der Waals surface area contributed by atoms with E-state index < -0.39 is 29.7 Å². The summed E-state index contributed by atoms with van der Waals surface area (Å²) >= 11 is 0. The highest BCUT2D eigenvalue weighted by molar-refractivity contribution is 6.06. The molecule has 5 rings (SSSR count). The van der Waals surface area contributed by atoms with Crippen LogP contribution in [0.4, 0.5) is 4.79 Å². The lowest BCUT2D eigenvalue weighted by Gasteiger charge is -2.41. The summed E-state index contributed by atoms with van der Waals surface area (Å²) in [6.45, 7) is 15.9. The van der Waals surface area contributed by atoms with Crippen LogP contribution in [0.5, 0.6) is 17.2 Å². The van der Waals surface area contributed by atoms with Crippen LogP contribution in [0.2, 0.25) is 0 Å². The number of ether oxygens (including phenoxy) is 6. The van der Waals surface area contributed by atoms with Crippen LogP contribution in [0.15, 0.2) is 60.7 Å². The maximum Gasteiger partial charge on any atom is 0.410 e. The number of Topliss-reactive ketones (excluding diaryl/α,β-unsaturated/α-hetero) is 1. The molecule has 0 fully saturated rings. The first-order valence-corrected chi connectivity index (χ1v) is 20.0. The summed E-state index contributed by atoms with van der Waals surface area (Å²) in [6, 6.07) is 17.7. The molecule has 1 aliphatic heterocycles. The molecule has 0 saturated heterocycles. The number of likely N-dealkylation sites (N-methyl/N-ethyl adjacent to an activating group) is 1. The van der Waals surface area contributed by atoms with Gasteiger partial charge in [0, 0.05) is 13.5 Å². The molecule has 1 aliphatic rings. The molecule has 0 aromatic heterocycles. The lowest BCUT2D eigenvalue weighted by Crippen LogP contribution is -2.55. The Morgan fingerprint density at radius 2 is 1.41 bits per heavy atom. The molecule has 0 unspecified atom stereocenters. The molecule has 11 nitrogen and oxygen atoms in total. The van der Waals surface area contributed by atoms with Crippen LogP contribution < -0.4 is 14.2 Å². The number of methoxy groups -OCH3 is 3. The van der Waals surface area contributed by atoms with Gasteiger partial charge in [-0.05, 0) is 123 Å². The Kier molecular flexibility index (Phi) is 14.5. The number of carbonyl (C=O) groups excluding carboxylic acids is 3. The first-order valence-electron chi connectivity index (χ1n) is 20.0. The summed E-state index contributed by atoms with van der Waals surface area (Å²) in [5.41, 5.74) is 8.34. The summed E-state index contributed by atoms with van der Waals surface area (Å²) in [5, 5.41) is 0. The number of amides is 2. The Morgan fingerprint density at radius 1 is 0.780 bits per heavy atom. The number of rotatable bonds is 15. The van der Waals surface area contributed by atoms with Crippen LogP contribution in [0.3, 0.4) is 0 Å². The molecule has 0 saturated carbocycles. The van der Waals surface area contributed by atoms with E-state index in [4.69, 9.17) is 28.4 Å². The molecular weight excluding hydrogens is 749 g/mol. The van der Waals surface area contributed by atoms with Crippen LogP contribution in [0.25, 0.3) is 0 Å². The van der Waals surface area contributed by atoms with Gasteiger partial charge in [-0.15, -0.1) is 0 Å². The largest absolute Gasteiger partial charge is 0.497 e. The molecule has 4 aromatic rings. The minimum atomic E-state index is -1.09. The fourth-order valence-electron chi connectivity index (χ4n) is 7.89. The zero-order valence-electron chi connectivity index (χ0n) is 36.7. The van der Waals surface area contributed by atoms with Crippen molar-refractivity contribution in [2.45, 2.75) is 99.3 Å². The third kappa shape index (κ3) is 10.1. The summed E-state index contributed by atoms with van der Waals surface area (Å²) in [6.07, 6.45) is -0.564. The van der Waals surface area contributed by atoms with E-state index in [1.54, 1.807) is 54.0 Å². The Morgan fingerprint density at radius 3 is 2.02 bits per heavy atom. The molecular formula is C48H60N2O9. The normalized spacial score (nSPS) is 14.4. The lowest BCUT2D eigenvalue weighted by molar-refractivity contribution is -0.140. The highest BCUT2D eigenvalue weighted by Gasteiger charge is 2.43. The van der Waals surface area contributed by atoms with Crippen LogP contribution in [-0.4, -0.2) is 80.8 Å². The highest BCUT2D eigenvalue weighted by Crippen LogP contribution is 2.42. The molecule has 0 N–H and O–H groups in total. The maximum atomic E-state index is 15.5. The molecule has 0 aliphatic carbocycles. The monoisotopic (exact) mass is 808 g/mol. The van der Waals surface area contributed by atoms with Crippen molar-refractivity contribution >= 4 is 17.8 Å². The number of hydrogen-bond acceptors (Lipinski definition) is 9. The summed E-state index contributed by atoms with van der Waals surface area (Å²) in [5.74, 6) is 1.29. The van der Waals surface area contributed by atoms with Gasteiger partial charge in [0.2, 0.25) is 5.91 Å². The number of nitrogens with zero attached hydrogens (tertiary/aromatic N) is 2. The zero-order chi connectivity index (χ0) is 43.2. The maximum absolute atomic E-state index is 15.5. The lowest BCUT2D eigenvalue weighted by atomic mass is 9.83. The molecule has 0 radical (unpaired) electrons. The number of carbonyl (C=O) groups is 3. The second kappa shape index (κ2) is 19.1. The quantitative estimate of drug-likeness (QED) is 0.116. The van der Waals surface area contributed by atoms with Crippen molar-refractivity contribution in [3.05, 3.63) is 122 Å². The van der Waals surface area contributed by atoms with Crippen LogP contribution >= 0.6 is 0 Å². The third-order valence-electron chi connectivity index (χ3n) is 11.2. The minimum absolute atomic E-state index is 0.0987. The van der Waals surface area contributed by atoms with Crippen molar-refractivity contribution in [3.63, 3.8) is 0 Å². The van der Waals surface area contributed by atoms with E-state index in [1.807, 2.05) is 95.3 Å². The van der Waals surface area contributed by atoms with Crippen molar-refractivity contribution < 1.29 is 42.8 Å². The Balaban J connectivity index is 1.59. The Bertz CT molecular complexity index is 2140. The third-order valence-corrected chi connectivity index (χ3v) is 11.2. The van der Waals surface area contributed by atoms with Crippen molar-refractivity contribution in [2.75, 3.05) is 41.5 Å². The molecule has 1 heterocycles. The van der Waals surface area contributed by atoms with Gasteiger partial charge in [-0.2, -0.15) is 0 Å². The summed E-state index contributed by atoms with van der Waals surface area (Å²) in [7, 11) is 6.39. The van der Waals surface area contributed by atoms with Gasteiger partial charge in [0.25, 0.3) is 0 Å². The molecule has 0 spiro atoms. The predicted molar refractivity (Wildman–Crippen MR) is 228 cm³/mol. The fourth-order valence-corrected chi connectivity index (χ4v) is 7.89. The van der Waals surface area contributed by atoms with Crippen molar-refractivity contribution in [1.29, 1.82) is 0 Å². The fraction of sp³-hybridized carbons (Fsp3) is 0.438. The SMILES string of the molecule is COc1ccc(COCc2c(C[C@H](C(=O)N3CC(=O)c4c(OC)c(C)c(C)c(C)c4[C@@H]3COCc3ccccc3)N(C)C(=O)OC(C)(C)C)cc(C)c(OC)c2C)cc1. The average Bonchev–Trinajstić information content (AvgIpc) is 3.20. The number of hydrogen-bond donors (Lipinski definition) is 0. The summed E-state index contributed by atoms with van der Waals surface area (Å²) < 4.78 is 35.6. The summed E-state index contributed by atoms with van der Waals surface area (Å²) in [4.78, 5) is 46.7. The van der Waals surface area contributed by atoms with E-state index in [9.17, 15) is 9.59 Å². The van der Waals surface area contributed by atoms with Gasteiger partial charge in [0.15, 0.2) is 5.78 Å². The van der Waals surface area contributed by atoms with Crippen molar-refractivity contribution in [2.24, 2.45) is 0 Å². The Hall–Kier alpha value is -5.39. The van der Waals surface area contributed by atoms with E-state index in [2.05, 4.69) is 0 Å². The van der Waals surface area contributed by atoms with Crippen molar-refractivity contribution in [1.82, 2.24) is 9.80 Å². The molecule has 2 amide bonds. The zero-order valence-corrected chi connectivity index (χ0v) is 36.7. The molecule has 11 heteroatoms. The molecule has 2 atom stereocenters. The molecule has 0 bridgehead atoms. The second-order valence-corrected chi connectivity index (χ2v) is 16.2. The van der Waals surface area contributed by atoms with Gasteiger partial charge in [0.1, 0.15) is 28.9 Å². The van der Waals surface area contributed by atoms with Crippen LogP contribution in [-0.2, 0) is 45.2 Å². The number of ketones is 1. The average molecular weight is 809 g/mol. The van der Waals surface area contributed by atoms with E-state index in [0.29, 0.717) is 35.8 Å². The van der Waals surface area contributed by atoms with E-state index in [-0.39, 0.29) is 32.0 Å². The highest BCUT2D eigenvalue weighted by atomic mass is 16.6. The Labute approximate surface area is 349 Å². The van der Waals surface area contributed by atoms with Gasteiger partial charge in [0.05, 0.1) is 65.9 Å². The van der Waals surface area contributed by atoms with E-state index >= 15 is 4.79 Å². The standard InChI is InChI=1S/C48H60N2O9/c1-29-22-36(38(33(5)44(29)55-11)27-57-26-35-18-20-37(54-10)21-19-35)23-39(49(9)47(53)59-48(6,7)8)46(52)50-24-41(51)43-42(31(3)30(2)32(4)45(43)56-12)40(50)28-58-25-34-16-14-13-15-17-34/h13-22,39-40H,23-28H2,1-12H3/t39-,40+/m1/s1. The van der Waals surface area contributed by atoms with Crippen LogP contribution in [0, 0.1) is 34.6 Å². The number of benzene rings is 4. The second-order valence-electron chi connectivity index (χ2n) is 16.2. The van der Waals surface area contributed by atoms with Gasteiger partial charge in [-0.25, -0.2) is 4.79 Å². The van der Waals surface area contributed by atoms with E-state index in [1.165, 1.54) is 4.90 Å². The van der Waals surface area contributed by atoms with Gasteiger partial charge < -0.3 is 33.3 Å². The molecule has 4 aromatic carbocycles. The molecule has 316 valence electrons. The van der Waals surface area contributed by atoms with Gasteiger partial charge in [-0.3, -0.25) is 14.5 Å². The van der Waals surface area contributed by atoms with Crippen LogP contribution in [0.1, 0.15) is 92.8 Å². The van der Waals surface area contributed by atoms with Crippen molar-refractivity contribution in [3.8, 4) is 17.2 Å². The first kappa shape index (κ1) is 44.7. The number of aryl methyl sites for hydroxylation is 1. The van der Waals surface area contributed by atoms with Gasteiger partial charge in [-0.1, -0.05) is 48.5 Å². The van der Waals surface area contributed by atoms with Gasteiger partial charge >= 0.3 is 6.09 Å².